The quantitative estimate of drug-likeness (QED) is 0.474. The number of hydrogen-bond donors (Lipinski definition) is 0. The molecule has 114 valence electrons. The topological polar surface area (TPSA) is 21.7 Å². The number of benzene rings is 1. The van der Waals surface area contributed by atoms with Crippen LogP contribution in [-0.2, 0) is 9.47 Å². The fourth-order valence-electron chi connectivity index (χ4n) is 1.99. The highest BCUT2D eigenvalue weighted by Crippen LogP contribution is 2.31. The maximum atomic E-state index is 14.0. The molecule has 1 heterocycles. The number of hydrogen-bond acceptors (Lipinski definition) is 3. The summed E-state index contributed by atoms with van der Waals surface area (Å²) in [5, 5.41) is 0. The molecule has 0 bridgehead atoms. The fraction of sp³-hybridized carbons (Fsp3) is 0.429. The van der Waals surface area contributed by atoms with Gasteiger partial charge < -0.3 is 14.4 Å². The monoisotopic (exact) mass is 303 g/mol. The number of halogens is 4. The van der Waals surface area contributed by atoms with Gasteiger partial charge in [0.15, 0.2) is 23.3 Å². The highest BCUT2D eigenvalue weighted by Gasteiger charge is 2.28. The number of anilines is 1. The second kappa shape index (κ2) is 6.78. The standard InChI is InChI=1S/C14H13F4NO2/c1-20-6-2-3-9-10(15)12(17)14(13(18)11(9)16)19-4-7-21-8-5-19/h4-8H2,1H3. The van der Waals surface area contributed by atoms with Crippen LogP contribution in [0.1, 0.15) is 5.56 Å². The van der Waals surface area contributed by atoms with Gasteiger partial charge in [0.05, 0.1) is 13.2 Å². The average molecular weight is 303 g/mol. The third kappa shape index (κ3) is 3.12. The van der Waals surface area contributed by atoms with Gasteiger partial charge in [-0.2, -0.15) is 0 Å². The Morgan fingerprint density at radius 3 is 2.14 bits per heavy atom. The molecule has 0 amide bonds. The zero-order valence-electron chi connectivity index (χ0n) is 11.3. The second-order valence-electron chi connectivity index (χ2n) is 4.31. The first-order valence-corrected chi connectivity index (χ1v) is 6.24. The van der Waals surface area contributed by atoms with Crippen LogP contribution in [0.3, 0.4) is 0 Å². The minimum atomic E-state index is -1.50. The molecule has 1 aliphatic rings. The summed E-state index contributed by atoms with van der Waals surface area (Å²) >= 11 is 0. The molecular weight excluding hydrogens is 290 g/mol. The van der Waals surface area contributed by atoms with Crippen LogP contribution in [0, 0.1) is 35.1 Å². The van der Waals surface area contributed by atoms with Gasteiger partial charge in [0.2, 0.25) is 0 Å². The molecule has 1 aliphatic heterocycles. The summed E-state index contributed by atoms with van der Waals surface area (Å²) < 4.78 is 65.5. The smallest absolute Gasteiger partial charge is 0.186 e. The van der Waals surface area contributed by atoms with E-state index in [1.807, 2.05) is 5.92 Å². The van der Waals surface area contributed by atoms with Crippen molar-refractivity contribution in [1.29, 1.82) is 0 Å². The lowest BCUT2D eigenvalue weighted by atomic mass is 10.1. The van der Waals surface area contributed by atoms with Crippen LogP contribution in [0.15, 0.2) is 0 Å². The number of nitrogens with zero attached hydrogens (tertiary/aromatic N) is 1. The van der Waals surface area contributed by atoms with Gasteiger partial charge in [0.1, 0.15) is 17.9 Å². The van der Waals surface area contributed by atoms with Crippen molar-refractivity contribution < 1.29 is 27.0 Å². The summed E-state index contributed by atoms with van der Waals surface area (Å²) in [6.45, 7) is 0.672. The Bertz CT molecular complexity index is 560. The van der Waals surface area contributed by atoms with Crippen molar-refractivity contribution in [2.45, 2.75) is 0 Å². The molecule has 0 unspecified atom stereocenters. The van der Waals surface area contributed by atoms with E-state index in [1.165, 1.54) is 12.0 Å². The average Bonchev–Trinajstić information content (AvgIpc) is 2.50. The van der Waals surface area contributed by atoms with Crippen LogP contribution in [0.4, 0.5) is 23.2 Å². The largest absolute Gasteiger partial charge is 0.378 e. The van der Waals surface area contributed by atoms with Crippen LogP contribution < -0.4 is 4.90 Å². The maximum Gasteiger partial charge on any atom is 0.186 e. The minimum absolute atomic E-state index is 0.104. The molecule has 0 saturated carbocycles. The van der Waals surface area contributed by atoms with E-state index in [2.05, 4.69) is 10.7 Å². The molecule has 0 spiro atoms. The minimum Gasteiger partial charge on any atom is -0.378 e. The van der Waals surface area contributed by atoms with E-state index in [-0.39, 0.29) is 32.9 Å². The molecule has 1 saturated heterocycles. The first-order valence-electron chi connectivity index (χ1n) is 6.24. The van der Waals surface area contributed by atoms with Crippen molar-refractivity contribution in [3.8, 4) is 11.8 Å². The number of methoxy groups -OCH3 is 1. The van der Waals surface area contributed by atoms with Gasteiger partial charge in [-0.1, -0.05) is 11.8 Å². The van der Waals surface area contributed by atoms with Crippen LogP contribution in [-0.4, -0.2) is 40.0 Å². The molecule has 1 aromatic rings. The number of ether oxygens (including phenoxy) is 2. The molecule has 0 aromatic heterocycles. The van der Waals surface area contributed by atoms with Crippen LogP contribution in [0.2, 0.25) is 0 Å². The van der Waals surface area contributed by atoms with E-state index < -0.39 is 34.5 Å². The van der Waals surface area contributed by atoms with E-state index in [9.17, 15) is 17.6 Å². The zero-order valence-corrected chi connectivity index (χ0v) is 11.3. The van der Waals surface area contributed by atoms with Crippen LogP contribution in [0.25, 0.3) is 0 Å². The summed E-state index contributed by atoms with van der Waals surface area (Å²) in [4.78, 5) is 1.21. The molecule has 0 aliphatic carbocycles. The Hall–Kier alpha value is -1.78. The van der Waals surface area contributed by atoms with Crippen molar-refractivity contribution in [1.82, 2.24) is 0 Å². The van der Waals surface area contributed by atoms with Crippen molar-refractivity contribution in [3.05, 3.63) is 28.8 Å². The van der Waals surface area contributed by atoms with Gasteiger partial charge in [-0.15, -0.1) is 0 Å². The molecule has 1 aromatic carbocycles. The predicted octanol–water partition coefficient (Wildman–Crippen LogP) is 2.08. The lowest BCUT2D eigenvalue weighted by Gasteiger charge is -2.29. The second-order valence-corrected chi connectivity index (χ2v) is 4.31. The molecule has 3 nitrogen and oxygen atoms in total. The first kappa shape index (κ1) is 15.6. The van der Waals surface area contributed by atoms with Gasteiger partial charge in [-0.05, 0) is 0 Å². The number of morpholine rings is 1. The molecule has 0 atom stereocenters. The van der Waals surface area contributed by atoms with E-state index in [1.54, 1.807) is 0 Å². The van der Waals surface area contributed by atoms with Gasteiger partial charge in [-0.3, -0.25) is 0 Å². The Balaban J connectivity index is 2.48. The maximum absolute atomic E-state index is 14.0. The summed E-state index contributed by atoms with van der Waals surface area (Å²) in [6, 6.07) is 0. The molecule has 2 rings (SSSR count). The van der Waals surface area contributed by atoms with Gasteiger partial charge >= 0.3 is 0 Å². The first-order chi connectivity index (χ1) is 10.1. The van der Waals surface area contributed by atoms with Gasteiger partial charge in [-0.25, -0.2) is 17.6 Å². The third-order valence-electron chi connectivity index (χ3n) is 3.00. The SMILES string of the molecule is COCC#Cc1c(F)c(F)c(N2CCOCC2)c(F)c1F. The summed E-state index contributed by atoms with van der Waals surface area (Å²) in [6.07, 6.45) is 0. The summed E-state index contributed by atoms with van der Waals surface area (Å²) in [5.41, 5.74) is -1.65. The normalized spacial score (nSPS) is 14.8. The molecular formula is C14H13F4NO2. The molecule has 21 heavy (non-hydrogen) atoms. The van der Waals surface area contributed by atoms with Crippen molar-refractivity contribution >= 4 is 5.69 Å². The van der Waals surface area contributed by atoms with E-state index >= 15 is 0 Å². The predicted molar refractivity (Wildman–Crippen MR) is 68.1 cm³/mol. The Labute approximate surface area is 119 Å². The Kier molecular flexibility index (Phi) is 5.04. The van der Waals surface area contributed by atoms with Crippen molar-refractivity contribution in [3.63, 3.8) is 0 Å². The molecule has 0 radical (unpaired) electrons. The van der Waals surface area contributed by atoms with Gasteiger partial charge in [0, 0.05) is 20.2 Å². The van der Waals surface area contributed by atoms with E-state index in [4.69, 9.17) is 4.74 Å². The Morgan fingerprint density at radius 2 is 1.62 bits per heavy atom. The molecule has 7 heteroatoms. The molecule has 0 N–H and O–H groups in total. The lowest BCUT2D eigenvalue weighted by Crippen LogP contribution is -2.37. The summed E-state index contributed by atoms with van der Waals surface area (Å²) in [7, 11) is 1.34. The summed E-state index contributed by atoms with van der Waals surface area (Å²) in [5.74, 6) is -1.58. The van der Waals surface area contributed by atoms with Crippen molar-refractivity contribution in [2.24, 2.45) is 0 Å². The Morgan fingerprint density at radius 1 is 1.05 bits per heavy atom. The lowest BCUT2D eigenvalue weighted by molar-refractivity contribution is 0.122. The highest BCUT2D eigenvalue weighted by molar-refractivity contribution is 5.55. The zero-order chi connectivity index (χ0) is 15.4. The highest BCUT2D eigenvalue weighted by atomic mass is 19.2. The fourth-order valence-corrected chi connectivity index (χ4v) is 1.99. The molecule has 1 fully saturated rings. The van der Waals surface area contributed by atoms with Gasteiger partial charge in [0.25, 0.3) is 0 Å². The van der Waals surface area contributed by atoms with E-state index in [0.717, 1.165) is 0 Å². The van der Waals surface area contributed by atoms with Crippen molar-refractivity contribution in [2.75, 3.05) is 44.9 Å². The number of rotatable bonds is 2. The van der Waals surface area contributed by atoms with Crippen LogP contribution >= 0.6 is 0 Å². The third-order valence-corrected chi connectivity index (χ3v) is 3.00. The van der Waals surface area contributed by atoms with Crippen LogP contribution in [0.5, 0.6) is 0 Å². The van der Waals surface area contributed by atoms with E-state index in [0.29, 0.717) is 0 Å².